The van der Waals surface area contributed by atoms with Crippen LogP contribution in [0.15, 0.2) is 29.3 Å². The van der Waals surface area contributed by atoms with E-state index in [1.54, 1.807) is 18.2 Å². The lowest BCUT2D eigenvalue weighted by atomic mass is 10.4. The summed E-state index contributed by atoms with van der Waals surface area (Å²) in [6.07, 6.45) is 1.77. The molecule has 0 aromatic carbocycles. The van der Waals surface area contributed by atoms with Crippen LogP contribution in [0, 0.1) is 13.8 Å². The Hall–Kier alpha value is -2.37. The quantitative estimate of drug-likeness (QED) is 0.788. The van der Waals surface area contributed by atoms with Gasteiger partial charge in [0.1, 0.15) is 23.2 Å². The maximum Gasteiger partial charge on any atom is 0.175 e. The van der Waals surface area contributed by atoms with Crippen LogP contribution in [0.3, 0.4) is 0 Å². The molecule has 6 nitrogen and oxygen atoms in total. The largest absolute Gasteiger partial charge is 0.366 e. The number of nitrogens with zero attached hydrogens (tertiary/aromatic N) is 3. The molecule has 0 aliphatic rings. The van der Waals surface area contributed by atoms with Crippen molar-refractivity contribution in [2.45, 2.75) is 13.8 Å². The van der Waals surface area contributed by atoms with Gasteiger partial charge in [-0.2, -0.15) is 0 Å². The van der Waals surface area contributed by atoms with Gasteiger partial charge in [0.25, 0.3) is 0 Å². The Morgan fingerprint density at radius 2 is 2.00 bits per heavy atom. The highest BCUT2D eigenvalue weighted by molar-refractivity contribution is 5.56. The van der Waals surface area contributed by atoms with E-state index in [-0.39, 0.29) is 0 Å². The van der Waals surface area contributed by atoms with Crippen molar-refractivity contribution >= 4 is 17.5 Å². The van der Waals surface area contributed by atoms with E-state index in [2.05, 4.69) is 32.3 Å². The van der Waals surface area contributed by atoms with Crippen molar-refractivity contribution in [1.29, 1.82) is 0 Å². The SMILES string of the molecule is C=CCNc1cc(Nc2cc(C)on2)nc(C)n1. The molecule has 0 fully saturated rings. The summed E-state index contributed by atoms with van der Waals surface area (Å²) in [5, 5.41) is 10.0. The van der Waals surface area contributed by atoms with E-state index < -0.39 is 0 Å². The molecule has 2 rings (SSSR count). The summed E-state index contributed by atoms with van der Waals surface area (Å²) in [5.41, 5.74) is 0. The van der Waals surface area contributed by atoms with E-state index in [1.807, 2.05) is 13.8 Å². The van der Waals surface area contributed by atoms with E-state index in [0.29, 0.717) is 24.0 Å². The average Bonchev–Trinajstić information content (AvgIpc) is 2.71. The Labute approximate surface area is 105 Å². The summed E-state index contributed by atoms with van der Waals surface area (Å²) in [7, 11) is 0. The van der Waals surface area contributed by atoms with Gasteiger partial charge in [0.15, 0.2) is 5.82 Å². The van der Waals surface area contributed by atoms with Crippen LogP contribution in [0.4, 0.5) is 17.5 Å². The minimum Gasteiger partial charge on any atom is -0.366 e. The maximum absolute atomic E-state index is 4.98. The van der Waals surface area contributed by atoms with Crippen LogP contribution in [0.1, 0.15) is 11.6 Å². The molecule has 18 heavy (non-hydrogen) atoms. The summed E-state index contributed by atoms with van der Waals surface area (Å²) in [4.78, 5) is 8.54. The van der Waals surface area contributed by atoms with E-state index in [1.165, 1.54) is 0 Å². The Balaban J connectivity index is 2.16. The number of aromatic nitrogens is 3. The second-order valence-corrected chi connectivity index (χ2v) is 3.80. The van der Waals surface area contributed by atoms with Gasteiger partial charge in [0, 0.05) is 18.7 Å². The molecular weight excluding hydrogens is 230 g/mol. The van der Waals surface area contributed by atoms with Crippen molar-refractivity contribution in [2.75, 3.05) is 17.2 Å². The summed E-state index contributed by atoms with van der Waals surface area (Å²) in [6.45, 7) is 7.96. The van der Waals surface area contributed by atoms with Crippen molar-refractivity contribution in [3.05, 3.63) is 36.4 Å². The summed E-state index contributed by atoms with van der Waals surface area (Å²) >= 11 is 0. The Morgan fingerprint density at radius 3 is 2.67 bits per heavy atom. The fraction of sp³-hybridized carbons (Fsp3) is 0.250. The highest BCUT2D eigenvalue weighted by Crippen LogP contribution is 2.16. The number of rotatable bonds is 5. The Morgan fingerprint density at radius 1 is 1.22 bits per heavy atom. The molecule has 0 saturated heterocycles. The van der Waals surface area contributed by atoms with Gasteiger partial charge in [-0.25, -0.2) is 9.97 Å². The third kappa shape index (κ3) is 3.07. The molecule has 0 bridgehead atoms. The second-order valence-electron chi connectivity index (χ2n) is 3.80. The number of aryl methyl sites for hydroxylation is 2. The first-order valence-electron chi connectivity index (χ1n) is 5.58. The lowest BCUT2D eigenvalue weighted by molar-refractivity contribution is 0.400. The van der Waals surface area contributed by atoms with Gasteiger partial charge >= 0.3 is 0 Å². The van der Waals surface area contributed by atoms with Gasteiger partial charge in [0.2, 0.25) is 0 Å². The first-order chi connectivity index (χ1) is 8.67. The highest BCUT2D eigenvalue weighted by Gasteiger charge is 2.04. The molecule has 0 spiro atoms. The first kappa shape index (κ1) is 12.1. The minimum atomic E-state index is 0.625. The molecule has 0 amide bonds. The second kappa shape index (κ2) is 5.31. The fourth-order valence-corrected chi connectivity index (χ4v) is 1.46. The predicted octanol–water partition coefficient (Wildman–Crippen LogP) is 2.42. The Kier molecular flexibility index (Phi) is 3.57. The topological polar surface area (TPSA) is 75.9 Å². The van der Waals surface area contributed by atoms with Gasteiger partial charge in [-0.1, -0.05) is 11.2 Å². The van der Waals surface area contributed by atoms with Crippen molar-refractivity contribution in [2.24, 2.45) is 0 Å². The first-order valence-corrected chi connectivity index (χ1v) is 5.58. The standard InChI is InChI=1S/C12H15N5O/c1-4-5-13-10-7-11(15-9(3)14-10)16-12-6-8(2)18-17-12/h4,6-7H,1,5H2,2-3H3,(H2,13,14,15,16,17). The maximum atomic E-state index is 4.98. The van der Waals surface area contributed by atoms with Crippen molar-refractivity contribution in [3.8, 4) is 0 Å². The molecule has 0 radical (unpaired) electrons. The van der Waals surface area contributed by atoms with E-state index in [9.17, 15) is 0 Å². The lowest BCUT2D eigenvalue weighted by Crippen LogP contribution is -2.04. The molecule has 0 saturated carbocycles. The molecule has 0 aliphatic carbocycles. The Bertz CT molecular complexity index is 549. The normalized spacial score (nSPS) is 10.1. The van der Waals surface area contributed by atoms with Crippen LogP contribution in [0.25, 0.3) is 0 Å². The molecule has 6 heteroatoms. The zero-order valence-electron chi connectivity index (χ0n) is 10.4. The van der Waals surface area contributed by atoms with Gasteiger partial charge in [0.05, 0.1) is 0 Å². The lowest BCUT2D eigenvalue weighted by Gasteiger charge is -2.07. The van der Waals surface area contributed by atoms with Crippen LogP contribution in [0.2, 0.25) is 0 Å². The van der Waals surface area contributed by atoms with E-state index in [4.69, 9.17) is 4.52 Å². The molecule has 0 atom stereocenters. The van der Waals surface area contributed by atoms with Crippen molar-refractivity contribution in [1.82, 2.24) is 15.1 Å². The van der Waals surface area contributed by atoms with Crippen LogP contribution < -0.4 is 10.6 Å². The third-order valence-corrected chi connectivity index (χ3v) is 2.15. The number of hydrogen-bond donors (Lipinski definition) is 2. The van der Waals surface area contributed by atoms with Gasteiger partial charge < -0.3 is 15.2 Å². The highest BCUT2D eigenvalue weighted by atomic mass is 16.5. The number of nitrogens with one attached hydrogen (secondary N) is 2. The van der Waals surface area contributed by atoms with Crippen LogP contribution >= 0.6 is 0 Å². The predicted molar refractivity (Wildman–Crippen MR) is 70.0 cm³/mol. The molecule has 0 aliphatic heterocycles. The van der Waals surface area contributed by atoms with Gasteiger partial charge in [-0.15, -0.1) is 6.58 Å². The molecule has 2 heterocycles. The monoisotopic (exact) mass is 245 g/mol. The number of anilines is 3. The van der Waals surface area contributed by atoms with Crippen molar-refractivity contribution < 1.29 is 4.52 Å². The van der Waals surface area contributed by atoms with Crippen LogP contribution in [0.5, 0.6) is 0 Å². The zero-order valence-corrected chi connectivity index (χ0v) is 10.4. The van der Waals surface area contributed by atoms with E-state index >= 15 is 0 Å². The zero-order chi connectivity index (χ0) is 13.0. The smallest absolute Gasteiger partial charge is 0.175 e. The molecule has 2 N–H and O–H groups in total. The summed E-state index contributed by atoms with van der Waals surface area (Å²) in [5.74, 6) is 3.45. The fourth-order valence-electron chi connectivity index (χ4n) is 1.46. The third-order valence-electron chi connectivity index (χ3n) is 2.15. The molecule has 94 valence electrons. The summed E-state index contributed by atoms with van der Waals surface area (Å²) < 4.78 is 4.98. The molecule has 0 unspecified atom stereocenters. The van der Waals surface area contributed by atoms with Gasteiger partial charge in [-0.3, -0.25) is 0 Å². The van der Waals surface area contributed by atoms with Crippen LogP contribution in [-0.4, -0.2) is 21.7 Å². The van der Waals surface area contributed by atoms with Crippen LogP contribution in [-0.2, 0) is 0 Å². The molecular formula is C12H15N5O. The minimum absolute atomic E-state index is 0.625. The van der Waals surface area contributed by atoms with E-state index in [0.717, 1.165) is 11.6 Å². The number of hydrogen-bond acceptors (Lipinski definition) is 6. The molecule has 2 aromatic heterocycles. The molecule has 2 aromatic rings. The summed E-state index contributed by atoms with van der Waals surface area (Å²) in [6, 6.07) is 3.61. The van der Waals surface area contributed by atoms with Gasteiger partial charge in [-0.05, 0) is 13.8 Å². The average molecular weight is 245 g/mol. The van der Waals surface area contributed by atoms with Crippen molar-refractivity contribution in [3.63, 3.8) is 0 Å².